The van der Waals surface area contributed by atoms with E-state index in [0.717, 1.165) is 28.4 Å². The molecule has 1 aliphatic heterocycles. The van der Waals surface area contributed by atoms with E-state index in [1.807, 2.05) is 12.1 Å². The smallest absolute Gasteiger partial charge is 0.152 e. The Morgan fingerprint density at radius 2 is 1.00 bits per heavy atom. The second-order valence-electron chi connectivity index (χ2n) is 11.8. The van der Waals surface area contributed by atoms with Gasteiger partial charge in [0.05, 0.1) is 27.8 Å². The summed E-state index contributed by atoms with van der Waals surface area (Å²) >= 11 is 0. The highest BCUT2D eigenvalue weighted by molar-refractivity contribution is 6.18. The summed E-state index contributed by atoms with van der Waals surface area (Å²) in [6.45, 7) is 0. The average Bonchev–Trinajstić information content (AvgIpc) is 3.63. The molecule has 3 heterocycles. The maximum Gasteiger partial charge on any atom is 0.152 e. The highest BCUT2D eigenvalue weighted by Gasteiger charge is 2.25. The monoisotopic (exact) mass is 574 g/mol. The predicted octanol–water partition coefficient (Wildman–Crippen LogP) is 11.3. The Kier molecular flexibility index (Phi) is 5.00. The molecular formula is C42H26N2O. The van der Waals surface area contributed by atoms with E-state index in [9.17, 15) is 0 Å². The third-order valence-electron chi connectivity index (χ3n) is 9.30. The zero-order valence-corrected chi connectivity index (χ0v) is 24.3. The van der Waals surface area contributed by atoms with Gasteiger partial charge in [0.15, 0.2) is 11.5 Å². The zero-order chi connectivity index (χ0) is 29.5. The van der Waals surface area contributed by atoms with Crippen molar-refractivity contribution < 1.29 is 4.74 Å². The average molecular weight is 575 g/mol. The van der Waals surface area contributed by atoms with E-state index < -0.39 is 0 Å². The number of ether oxygens (including phenoxy) is 1. The maximum atomic E-state index is 6.45. The molecule has 7 aromatic carbocycles. The highest BCUT2D eigenvalue weighted by atomic mass is 16.5. The molecule has 0 unspecified atom stereocenters. The van der Waals surface area contributed by atoms with Crippen molar-refractivity contribution in [1.82, 2.24) is 9.13 Å². The Labute approximate surface area is 259 Å². The number of nitrogens with zero attached hydrogens (tertiary/aromatic N) is 2. The molecule has 0 radical (unpaired) electrons. The van der Waals surface area contributed by atoms with Crippen molar-refractivity contribution in [2.45, 2.75) is 0 Å². The summed E-state index contributed by atoms with van der Waals surface area (Å²) in [4.78, 5) is 0. The molecule has 0 saturated heterocycles. The van der Waals surface area contributed by atoms with Gasteiger partial charge in [0.2, 0.25) is 0 Å². The van der Waals surface area contributed by atoms with E-state index in [1.54, 1.807) is 0 Å². The van der Waals surface area contributed by atoms with Gasteiger partial charge in [-0.3, -0.25) is 0 Å². The van der Waals surface area contributed by atoms with Gasteiger partial charge in [-0.25, -0.2) is 0 Å². The lowest BCUT2D eigenvalue weighted by molar-refractivity contribution is 0.476. The van der Waals surface area contributed by atoms with E-state index >= 15 is 0 Å². The van der Waals surface area contributed by atoms with Crippen LogP contribution in [0.1, 0.15) is 0 Å². The quantitative estimate of drug-likeness (QED) is 0.205. The van der Waals surface area contributed by atoms with Crippen LogP contribution in [0, 0.1) is 0 Å². The van der Waals surface area contributed by atoms with Gasteiger partial charge in [-0.1, -0.05) is 97.1 Å². The van der Waals surface area contributed by atoms with Gasteiger partial charge in [0.1, 0.15) is 0 Å². The van der Waals surface area contributed by atoms with Crippen LogP contribution >= 0.6 is 0 Å². The van der Waals surface area contributed by atoms with E-state index in [1.165, 1.54) is 60.3 Å². The fourth-order valence-corrected chi connectivity index (χ4v) is 7.38. The predicted molar refractivity (Wildman–Crippen MR) is 186 cm³/mol. The summed E-state index contributed by atoms with van der Waals surface area (Å²) in [5.74, 6) is 1.77. The molecule has 1 aliphatic rings. The van der Waals surface area contributed by atoms with E-state index in [0.29, 0.717) is 0 Å². The van der Waals surface area contributed by atoms with Crippen LogP contribution in [0.25, 0.3) is 77.2 Å². The number of rotatable bonds is 3. The summed E-state index contributed by atoms with van der Waals surface area (Å²) in [6.07, 6.45) is 0. The number of benzene rings is 7. The summed E-state index contributed by atoms with van der Waals surface area (Å²) in [5, 5.41) is 4.98. The van der Waals surface area contributed by atoms with Crippen LogP contribution < -0.4 is 4.74 Å². The van der Waals surface area contributed by atoms with Crippen LogP contribution in [0.4, 0.5) is 0 Å². The highest BCUT2D eigenvalue weighted by Crippen LogP contribution is 2.48. The first-order valence-corrected chi connectivity index (χ1v) is 15.4. The lowest BCUT2D eigenvalue weighted by atomic mass is 9.95. The largest absolute Gasteiger partial charge is 0.453 e. The zero-order valence-electron chi connectivity index (χ0n) is 24.3. The van der Waals surface area contributed by atoms with E-state index in [4.69, 9.17) is 4.74 Å². The van der Waals surface area contributed by atoms with Crippen molar-refractivity contribution in [2.75, 3.05) is 0 Å². The normalized spacial score (nSPS) is 12.2. The molecule has 0 N–H and O–H groups in total. The van der Waals surface area contributed by atoms with Gasteiger partial charge < -0.3 is 13.9 Å². The second-order valence-corrected chi connectivity index (χ2v) is 11.8. The molecule has 3 heteroatoms. The molecule has 3 nitrogen and oxygen atoms in total. The summed E-state index contributed by atoms with van der Waals surface area (Å²) < 4.78 is 11.2. The van der Waals surface area contributed by atoms with Gasteiger partial charge in [0, 0.05) is 27.2 Å². The van der Waals surface area contributed by atoms with Gasteiger partial charge in [-0.15, -0.1) is 0 Å². The van der Waals surface area contributed by atoms with Crippen molar-refractivity contribution in [3.8, 4) is 45.1 Å². The lowest BCUT2D eigenvalue weighted by Gasteiger charge is -2.21. The third kappa shape index (κ3) is 3.46. The van der Waals surface area contributed by atoms with Crippen molar-refractivity contribution in [2.24, 2.45) is 0 Å². The van der Waals surface area contributed by atoms with Crippen molar-refractivity contribution >= 4 is 43.6 Å². The molecule has 0 spiro atoms. The number of para-hydroxylation sites is 5. The van der Waals surface area contributed by atoms with Crippen LogP contribution in [-0.4, -0.2) is 9.13 Å². The van der Waals surface area contributed by atoms with E-state index in [2.05, 4.69) is 155 Å². The topological polar surface area (TPSA) is 19.1 Å². The van der Waals surface area contributed by atoms with Gasteiger partial charge in [0.25, 0.3) is 0 Å². The molecule has 0 atom stereocenters. The van der Waals surface area contributed by atoms with Crippen LogP contribution in [0.15, 0.2) is 158 Å². The molecule has 0 bridgehead atoms. The molecule has 10 rings (SSSR count). The number of hydrogen-bond donors (Lipinski definition) is 0. The Bertz CT molecular complexity index is 2580. The standard InChI is InChI=1S/C42H26N2O/c1-4-18-35-32(15-1)33-16-2-5-19-36(33)43(35)30-14-10-12-28(26-30)27-11-9-13-29(25-27)31-23-24-40-42-41(31)34-17-3-6-20-37(34)44(42)38-21-7-8-22-39(38)45-40/h1-26H. The molecule has 210 valence electrons. The second kappa shape index (κ2) is 9.22. The van der Waals surface area contributed by atoms with Crippen molar-refractivity contribution in [3.05, 3.63) is 158 Å². The molecule has 0 amide bonds. The summed E-state index contributed by atoms with van der Waals surface area (Å²) in [7, 11) is 0. The minimum absolute atomic E-state index is 0.880. The van der Waals surface area contributed by atoms with Crippen molar-refractivity contribution in [3.63, 3.8) is 0 Å². The molecular weight excluding hydrogens is 548 g/mol. The molecule has 0 saturated carbocycles. The van der Waals surface area contributed by atoms with Gasteiger partial charge >= 0.3 is 0 Å². The molecule has 0 fully saturated rings. The Morgan fingerprint density at radius 3 is 1.78 bits per heavy atom. The number of fused-ring (bicyclic) bond motifs is 8. The molecule has 2 aromatic heterocycles. The van der Waals surface area contributed by atoms with Gasteiger partial charge in [-0.2, -0.15) is 0 Å². The fraction of sp³-hybridized carbons (Fsp3) is 0. The van der Waals surface area contributed by atoms with Gasteiger partial charge in [-0.05, 0) is 82.9 Å². The van der Waals surface area contributed by atoms with E-state index in [-0.39, 0.29) is 0 Å². The third-order valence-corrected chi connectivity index (χ3v) is 9.30. The maximum absolute atomic E-state index is 6.45. The lowest BCUT2D eigenvalue weighted by Crippen LogP contribution is -2.03. The molecule has 45 heavy (non-hydrogen) atoms. The van der Waals surface area contributed by atoms with Crippen LogP contribution in [-0.2, 0) is 0 Å². The first kappa shape index (κ1) is 24.4. The Balaban J connectivity index is 1.16. The molecule has 9 aromatic rings. The fourth-order valence-electron chi connectivity index (χ4n) is 7.38. The first-order chi connectivity index (χ1) is 22.3. The number of hydrogen-bond acceptors (Lipinski definition) is 1. The van der Waals surface area contributed by atoms with Crippen LogP contribution in [0.5, 0.6) is 11.5 Å². The minimum atomic E-state index is 0.880. The SMILES string of the molecule is c1cc(-c2cccc(-n3c4ccccc4c4ccccc43)c2)cc(-c2ccc3c4c2c2ccccc2n4-c2ccccc2O3)c1. The summed E-state index contributed by atoms with van der Waals surface area (Å²) in [6, 6.07) is 56.5. The minimum Gasteiger partial charge on any atom is -0.453 e. The van der Waals surface area contributed by atoms with Crippen LogP contribution in [0.2, 0.25) is 0 Å². The molecule has 0 aliphatic carbocycles. The Morgan fingerprint density at radius 1 is 0.400 bits per heavy atom. The first-order valence-electron chi connectivity index (χ1n) is 15.4. The Hall–Kier alpha value is -6.06. The van der Waals surface area contributed by atoms with Crippen molar-refractivity contribution in [1.29, 1.82) is 0 Å². The van der Waals surface area contributed by atoms with Crippen LogP contribution in [0.3, 0.4) is 0 Å². The summed E-state index contributed by atoms with van der Waals surface area (Å²) in [5.41, 5.74) is 11.7. The number of aromatic nitrogens is 2.